The van der Waals surface area contributed by atoms with Crippen LogP contribution in [0.2, 0.25) is 0 Å². The van der Waals surface area contributed by atoms with Crippen LogP contribution in [0.5, 0.6) is 0 Å². The molecule has 104 valence electrons. The van der Waals surface area contributed by atoms with E-state index >= 15 is 0 Å². The first-order valence-corrected chi connectivity index (χ1v) is 6.62. The third-order valence-corrected chi connectivity index (χ3v) is 3.98. The predicted octanol–water partition coefficient (Wildman–Crippen LogP) is 2.17. The van der Waals surface area contributed by atoms with Gasteiger partial charge in [-0.2, -0.15) is 0 Å². The topological polar surface area (TPSA) is 66.3 Å². The lowest BCUT2D eigenvalue weighted by atomic mass is 9.76. The number of aromatic nitrogens is 2. The summed E-state index contributed by atoms with van der Waals surface area (Å²) < 4.78 is 0. The van der Waals surface area contributed by atoms with E-state index in [0.717, 1.165) is 30.8 Å². The Kier molecular flexibility index (Phi) is 3.47. The molecule has 0 aliphatic carbocycles. The number of carboxylic acids is 1. The fraction of sp³-hybridized carbons (Fsp3) is 0.643. The maximum absolute atomic E-state index is 11.6. The summed E-state index contributed by atoms with van der Waals surface area (Å²) in [5, 5.41) is 9.54. The van der Waals surface area contributed by atoms with Crippen LogP contribution < -0.4 is 4.90 Å². The lowest BCUT2D eigenvalue weighted by Gasteiger charge is -2.44. The van der Waals surface area contributed by atoms with Crippen molar-refractivity contribution in [2.45, 2.75) is 46.6 Å². The number of rotatable bonds is 2. The van der Waals surface area contributed by atoms with Gasteiger partial charge in [0.15, 0.2) is 0 Å². The highest BCUT2D eigenvalue weighted by Gasteiger charge is 2.43. The molecule has 1 N–H and O–H groups in total. The molecule has 1 fully saturated rings. The molecule has 2 rings (SSSR count). The average molecular weight is 263 g/mol. The number of hydrogen-bond donors (Lipinski definition) is 1. The first kappa shape index (κ1) is 13.8. The number of piperidine rings is 1. The summed E-state index contributed by atoms with van der Waals surface area (Å²) in [7, 11) is 0. The summed E-state index contributed by atoms with van der Waals surface area (Å²) in [6, 6.07) is -0.544. The maximum atomic E-state index is 11.6. The normalized spacial score (nSPS) is 22.3. The molecule has 1 aromatic rings. The summed E-state index contributed by atoms with van der Waals surface area (Å²) in [6.07, 6.45) is 3.57. The zero-order valence-corrected chi connectivity index (χ0v) is 12.0. The molecule has 5 nitrogen and oxygen atoms in total. The van der Waals surface area contributed by atoms with E-state index in [1.165, 1.54) is 0 Å². The fourth-order valence-electron chi connectivity index (χ4n) is 2.78. The van der Waals surface area contributed by atoms with Gasteiger partial charge < -0.3 is 10.0 Å². The Balaban J connectivity index is 2.40. The van der Waals surface area contributed by atoms with E-state index in [1.54, 1.807) is 6.20 Å². The second-order valence-electron chi connectivity index (χ2n) is 5.93. The molecule has 1 aliphatic heterocycles. The van der Waals surface area contributed by atoms with Crippen molar-refractivity contribution in [1.29, 1.82) is 0 Å². The van der Waals surface area contributed by atoms with Crippen molar-refractivity contribution in [1.82, 2.24) is 9.97 Å². The Hall–Kier alpha value is -1.65. The zero-order valence-electron chi connectivity index (χ0n) is 12.0. The van der Waals surface area contributed by atoms with Crippen molar-refractivity contribution in [3.05, 3.63) is 17.6 Å². The van der Waals surface area contributed by atoms with Crippen molar-refractivity contribution in [3.8, 4) is 0 Å². The summed E-state index contributed by atoms with van der Waals surface area (Å²) >= 11 is 0. The van der Waals surface area contributed by atoms with Crippen LogP contribution in [0.1, 0.15) is 38.1 Å². The molecule has 0 radical (unpaired) electrons. The molecule has 0 amide bonds. The van der Waals surface area contributed by atoms with E-state index in [1.807, 2.05) is 32.6 Å². The van der Waals surface area contributed by atoms with Crippen LogP contribution in [-0.2, 0) is 4.79 Å². The molecule has 0 bridgehead atoms. The number of nitrogens with zero attached hydrogens (tertiary/aromatic N) is 3. The standard InChI is InChI=1S/C14H21N3O2/c1-9-10(2)16-11(8-15-9)17-7-5-6-14(3,4)12(17)13(18)19/h8,12H,5-7H2,1-4H3,(H,18,19). The molecule has 0 spiro atoms. The number of carbonyl (C=O) groups is 1. The molecule has 1 aromatic heterocycles. The fourth-order valence-corrected chi connectivity index (χ4v) is 2.78. The Morgan fingerprint density at radius 2 is 2.11 bits per heavy atom. The largest absolute Gasteiger partial charge is 0.480 e. The van der Waals surface area contributed by atoms with Crippen LogP contribution in [0.3, 0.4) is 0 Å². The van der Waals surface area contributed by atoms with Crippen molar-refractivity contribution in [2.24, 2.45) is 5.41 Å². The van der Waals surface area contributed by atoms with Gasteiger partial charge in [-0.15, -0.1) is 0 Å². The van der Waals surface area contributed by atoms with Crippen molar-refractivity contribution < 1.29 is 9.90 Å². The van der Waals surface area contributed by atoms with E-state index in [-0.39, 0.29) is 5.41 Å². The molecule has 1 atom stereocenters. The Morgan fingerprint density at radius 3 is 2.68 bits per heavy atom. The minimum absolute atomic E-state index is 0.259. The molecule has 19 heavy (non-hydrogen) atoms. The van der Waals surface area contributed by atoms with Crippen molar-refractivity contribution in [3.63, 3.8) is 0 Å². The molecule has 2 heterocycles. The quantitative estimate of drug-likeness (QED) is 0.885. The minimum Gasteiger partial charge on any atom is -0.480 e. The smallest absolute Gasteiger partial charge is 0.326 e. The highest BCUT2D eigenvalue weighted by molar-refractivity contribution is 5.79. The van der Waals surface area contributed by atoms with Crippen LogP contribution in [-0.4, -0.2) is 33.6 Å². The van der Waals surface area contributed by atoms with E-state index in [2.05, 4.69) is 9.97 Å². The highest BCUT2D eigenvalue weighted by atomic mass is 16.4. The third-order valence-electron chi connectivity index (χ3n) is 3.98. The summed E-state index contributed by atoms with van der Waals surface area (Å²) in [5.74, 6) is -0.118. The molecule has 1 unspecified atom stereocenters. The van der Waals surface area contributed by atoms with Crippen LogP contribution in [0, 0.1) is 19.3 Å². The van der Waals surface area contributed by atoms with Gasteiger partial charge in [0, 0.05) is 6.54 Å². The highest BCUT2D eigenvalue weighted by Crippen LogP contribution is 2.37. The van der Waals surface area contributed by atoms with Gasteiger partial charge in [-0.25, -0.2) is 9.78 Å². The summed E-state index contributed by atoms with van der Waals surface area (Å²) in [4.78, 5) is 22.3. The first-order valence-electron chi connectivity index (χ1n) is 6.62. The second-order valence-corrected chi connectivity index (χ2v) is 5.93. The minimum atomic E-state index is -0.787. The van der Waals surface area contributed by atoms with Gasteiger partial charge >= 0.3 is 5.97 Å². The van der Waals surface area contributed by atoms with Crippen LogP contribution in [0.4, 0.5) is 5.82 Å². The Morgan fingerprint density at radius 1 is 1.42 bits per heavy atom. The van der Waals surface area contributed by atoms with Gasteiger partial charge in [0.25, 0.3) is 0 Å². The molecule has 1 aliphatic rings. The average Bonchev–Trinajstić information content (AvgIpc) is 2.30. The van der Waals surface area contributed by atoms with E-state index < -0.39 is 12.0 Å². The molecular formula is C14H21N3O2. The number of hydrogen-bond acceptors (Lipinski definition) is 4. The third kappa shape index (κ3) is 2.55. The van der Waals surface area contributed by atoms with Gasteiger partial charge in [-0.1, -0.05) is 13.8 Å². The van der Waals surface area contributed by atoms with Gasteiger partial charge in [0.2, 0.25) is 0 Å². The summed E-state index contributed by atoms with van der Waals surface area (Å²) in [5.41, 5.74) is 1.47. The van der Waals surface area contributed by atoms with E-state index in [0.29, 0.717) is 5.82 Å². The predicted molar refractivity (Wildman–Crippen MR) is 73.3 cm³/mol. The first-order chi connectivity index (χ1) is 8.83. The van der Waals surface area contributed by atoms with Gasteiger partial charge in [-0.3, -0.25) is 4.98 Å². The van der Waals surface area contributed by atoms with Crippen molar-refractivity contribution >= 4 is 11.8 Å². The summed E-state index contributed by atoms with van der Waals surface area (Å²) in [6.45, 7) is 8.54. The van der Waals surface area contributed by atoms with Crippen LogP contribution >= 0.6 is 0 Å². The molecule has 0 aromatic carbocycles. The number of carboxylic acid groups (broad SMARTS) is 1. The van der Waals surface area contributed by atoms with E-state index in [4.69, 9.17) is 0 Å². The Bertz CT molecular complexity index is 499. The molecule has 5 heteroatoms. The van der Waals surface area contributed by atoms with Gasteiger partial charge in [0.05, 0.1) is 17.6 Å². The lowest BCUT2D eigenvalue weighted by Crippen LogP contribution is -2.54. The van der Waals surface area contributed by atoms with E-state index in [9.17, 15) is 9.90 Å². The van der Waals surface area contributed by atoms with Crippen LogP contribution in [0.15, 0.2) is 6.20 Å². The zero-order chi connectivity index (χ0) is 14.2. The number of aliphatic carboxylic acids is 1. The van der Waals surface area contributed by atoms with Crippen LogP contribution in [0.25, 0.3) is 0 Å². The molecular weight excluding hydrogens is 242 g/mol. The van der Waals surface area contributed by atoms with Gasteiger partial charge in [0.1, 0.15) is 11.9 Å². The molecule has 1 saturated heterocycles. The molecule has 0 saturated carbocycles. The van der Waals surface area contributed by atoms with Crippen molar-refractivity contribution in [2.75, 3.05) is 11.4 Å². The number of aryl methyl sites for hydroxylation is 2. The lowest BCUT2D eigenvalue weighted by molar-refractivity contribution is -0.142. The second kappa shape index (κ2) is 4.79. The maximum Gasteiger partial charge on any atom is 0.326 e. The Labute approximate surface area is 113 Å². The SMILES string of the molecule is Cc1ncc(N2CCCC(C)(C)C2C(=O)O)nc1C. The number of anilines is 1. The van der Waals surface area contributed by atoms with Gasteiger partial charge in [-0.05, 0) is 32.1 Å². The monoisotopic (exact) mass is 263 g/mol.